The van der Waals surface area contributed by atoms with Crippen LogP contribution in [0.15, 0.2) is 29.2 Å². The van der Waals surface area contributed by atoms with E-state index >= 15 is 0 Å². The maximum atomic E-state index is 11.2. The summed E-state index contributed by atoms with van der Waals surface area (Å²) in [5.74, 6) is 1.46. The van der Waals surface area contributed by atoms with Crippen molar-refractivity contribution in [1.82, 2.24) is 0 Å². The van der Waals surface area contributed by atoms with Gasteiger partial charge in [0.1, 0.15) is 0 Å². The van der Waals surface area contributed by atoms with Crippen LogP contribution >= 0.6 is 0 Å². The third-order valence-corrected chi connectivity index (χ3v) is 5.25. The van der Waals surface area contributed by atoms with Crippen molar-refractivity contribution in [1.29, 1.82) is 0 Å². The number of sulfonamides is 1. The summed E-state index contributed by atoms with van der Waals surface area (Å²) in [6.07, 6.45) is 1.76. The van der Waals surface area contributed by atoms with E-state index in [1.165, 1.54) is 12.1 Å². The van der Waals surface area contributed by atoms with Gasteiger partial charge < -0.3 is 5.32 Å². The lowest BCUT2D eigenvalue weighted by molar-refractivity contribution is 0.597. The molecule has 1 fully saturated rings. The first-order valence-corrected chi connectivity index (χ1v) is 8.73. The van der Waals surface area contributed by atoms with Gasteiger partial charge in [0.25, 0.3) is 0 Å². The molecule has 100 valence electrons. The van der Waals surface area contributed by atoms with Gasteiger partial charge in [0, 0.05) is 34.0 Å². The molecule has 5 nitrogen and oxygen atoms in total. The average Bonchev–Trinajstić information content (AvgIpc) is 2.32. The molecule has 3 N–H and O–H groups in total. The molecule has 1 aliphatic heterocycles. The van der Waals surface area contributed by atoms with Gasteiger partial charge in [-0.25, -0.2) is 13.6 Å². The smallest absolute Gasteiger partial charge is 0.238 e. The lowest BCUT2D eigenvalue weighted by Gasteiger charge is -2.23. The Balaban J connectivity index is 2.00. The summed E-state index contributed by atoms with van der Waals surface area (Å²) in [6, 6.07) is 6.68. The number of nitrogens with two attached hydrogens (primary N) is 1. The highest BCUT2D eigenvalue weighted by atomic mass is 32.2. The molecule has 2 rings (SSSR count). The number of hydrogen-bond acceptors (Lipinski definition) is 4. The van der Waals surface area contributed by atoms with E-state index in [1.54, 1.807) is 12.1 Å². The first-order valence-electron chi connectivity index (χ1n) is 5.69. The summed E-state index contributed by atoms with van der Waals surface area (Å²) in [4.78, 5) is 0.109. The van der Waals surface area contributed by atoms with Crippen LogP contribution in [0.2, 0.25) is 0 Å². The Hall–Kier alpha value is -0.920. The molecule has 0 unspecified atom stereocenters. The topological polar surface area (TPSA) is 89.3 Å². The van der Waals surface area contributed by atoms with Gasteiger partial charge in [0.05, 0.1) is 4.90 Å². The van der Waals surface area contributed by atoms with Crippen molar-refractivity contribution in [3.8, 4) is 0 Å². The van der Waals surface area contributed by atoms with Crippen LogP contribution in [-0.4, -0.2) is 30.2 Å². The largest absolute Gasteiger partial charge is 0.382 e. The molecule has 1 aromatic carbocycles. The van der Waals surface area contributed by atoms with Crippen molar-refractivity contribution >= 4 is 26.5 Å². The molecule has 1 aromatic rings. The highest BCUT2D eigenvalue weighted by Gasteiger charge is 2.17. The Morgan fingerprint density at radius 2 is 1.72 bits per heavy atom. The van der Waals surface area contributed by atoms with Gasteiger partial charge in [-0.2, -0.15) is 0 Å². The summed E-state index contributed by atoms with van der Waals surface area (Å²) in [6.45, 7) is 0. The average molecular weight is 288 g/mol. The second-order valence-electron chi connectivity index (χ2n) is 4.34. The first kappa shape index (κ1) is 13.5. The van der Waals surface area contributed by atoms with E-state index in [0.717, 1.165) is 30.0 Å². The fraction of sp³-hybridized carbons (Fsp3) is 0.455. The van der Waals surface area contributed by atoms with Crippen molar-refractivity contribution in [2.75, 3.05) is 16.8 Å². The van der Waals surface area contributed by atoms with Gasteiger partial charge in [0.2, 0.25) is 10.0 Å². The molecule has 0 aromatic heterocycles. The van der Waals surface area contributed by atoms with E-state index < -0.39 is 20.8 Å². The lowest BCUT2D eigenvalue weighted by Crippen LogP contribution is -2.29. The van der Waals surface area contributed by atoms with Crippen LogP contribution in [0.5, 0.6) is 0 Å². The van der Waals surface area contributed by atoms with Crippen LogP contribution in [0.3, 0.4) is 0 Å². The van der Waals surface area contributed by atoms with Gasteiger partial charge >= 0.3 is 0 Å². The van der Waals surface area contributed by atoms with E-state index in [4.69, 9.17) is 5.14 Å². The highest BCUT2D eigenvalue weighted by molar-refractivity contribution is 7.89. The zero-order chi connectivity index (χ0) is 13.2. The van der Waals surface area contributed by atoms with Gasteiger partial charge in [-0.3, -0.25) is 4.21 Å². The predicted molar refractivity (Wildman–Crippen MR) is 72.3 cm³/mol. The van der Waals surface area contributed by atoms with Crippen LogP contribution in [0, 0.1) is 0 Å². The minimum Gasteiger partial charge on any atom is -0.382 e. The van der Waals surface area contributed by atoms with Crippen LogP contribution in [0.25, 0.3) is 0 Å². The second-order valence-corrected chi connectivity index (χ2v) is 7.59. The summed E-state index contributed by atoms with van der Waals surface area (Å²) >= 11 is 0. The van der Waals surface area contributed by atoms with Crippen molar-refractivity contribution in [3.05, 3.63) is 24.3 Å². The van der Waals surface area contributed by atoms with E-state index in [1.807, 2.05) is 0 Å². The number of anilines is 1. The van der Waals surface area contributed by atoms with Crippen LogP contribution in [0.1, 0.15) is 12.8 Å². The summed E-state index contributed by atoms with van der Waals surface area (Å²) < 4.78 is 33.4. The zero-order valence-electron chi connectivity index (χ0n) is 9.83. The SMILES string of the molecule is NS(=O)(=O)c1ccc(NC2CCS(=O)CC2)cc1. The molecule has 0 radical (unpaired) electrons. The molecule has 1 saturated heterocycles. The maximum absolute atomic E-state index is 11.2. The van der Waals surface area contributed by atoms with Crippen molar-refractivity contribution in [2.24, 2.45) is 5.14 Å². The van der Waals surface area contributed by atoms with Gasteiger partial charge in [-0.1, -0.05) is 0 Å². The molecule has 1 heterocycles. The van der Waals surface area contributed by atoms with Crippen LogP contribution in [0.4, 0.5) is 5.69 Å². The number of nitrogens with one attached hydrogen (secondary N) is 1. The van der Waals surface area contributed by atoms with Gasteiger partial charge in [0.15, 0.2) is 0 Å². The normalized spacial score (nSPS) is 24.7. The van der Waals surface area contributed by atoms with Crippen molar-refractivity contribution < 1.29 is 12.6 Å². The molecule has 0 bridgehead atoms. The Bertz CT molecular complexity index is 530. The van der Waals surface area contributed by atoms with Crippen LogP contribution < -0.4 is 10.5 Å². The molecule has 7 heteroatoms. The Labute approximate surface area is 109 Å². The molecular formula is C11H16N2O3S2. The fourth-order valence-electron chi connectivity index (χ4n) is 1.91. The van der Waals surface area contributed by atoms with Gasteiger partial charge in [-0.15, -0.1) is 0 Å². The quantitative estimate of drug-likeness (QED) is 0.855. The van der Waals surface area contributed by atoms with E-state index in [2.05, 4.69) is 5.32 Å². The summed E-state index contributed by atoms with van der Waals surface area (Å²) in [5.41, 5.74) is 0.861. The Morgan fingerprint density at radius 3 is 2.22 bits per heavy atom. The monoisotopic (exact) mass is 288 g/mol. The molecule has 18 heavy (non-hydrogen) atoms. The Morgan fingerprint density at radius 1 is 1.17 bits per heavy atom. The zero-order valence-corrected chi connectivity index (χ0v) is 11.5. The molecule has 0 spiro atoms. The minimum absolute atomic E-state index is 0.109. The van der Waals surface area contributed by atoms with Crippen molar-refractivity contribution in [2.45, 2.75) is 23.8 Å². The number of rotatable bonds is 3. The number of hydrogen-bond donors (Lipinski definition) is 2. The van der Waals surface area contributed by atoms with E-state index in [9.17, 15) is 12.6 Å². The summed E-state index contributed by atoms with van der Waals surface area (Å²) in [7, 11) is -4.30. The second kappa shape index (κ2) is 5.38. The van der Waals surface area contributed by atoms with Crippen LogP contribution in [-0.2, 0) is 20.8 Å². The van der Waals surface area contributed by atoms with E-state index in [-0.39, 0.29) is 4.90 Å². The summed E-state index contributed by atoms with van der Waals surface area (Å²) in [5, 5.41) is 8.33. The first-order chi connectivity index (χ1) is 8.45. The maximum Gasteiger partial charge on any atom is 0.238 e. The molecule has 1 aliphatic rings. The lowest BCUT2D eigenvalue weighted by atomic mass is 10.1. The minimum atomic E-state index is -3.63. The standard InChI is InChI=1S/C11H16N2O3S2/c12-18(15,16)11-3-1-9(2-4-11)13-10-5-7-17(14)8-6-10/h1-4,10,13H,5-8H2,(H2,12,15,16). The number of benzene rings is 1. The molecule has 0 saturated carbocycles. The molecule has 0 atom stereocenters. The fourth-order valence-corrected chi connectivity index (χ4v) is 3.73. The molecular weight excluding hydrogens is 272 g/mol. The van der Waals surface area contributed by atoms with Gasteiger partial charge in [-0.05, 0) is 37.1 Å². The van der Waals surface area contributed by atoms with E-state index in [0.29, 0.717) is 6.04 Å². The molecule has 0 aliphatic carbocycles. The highest BCUT2D eigenvalue weighted by Crippen LogP contribution is 2.18. The Kier molecular flexibility index (Phi) is 4.04. The third kappa shape index (κ3) is 3.54. The number of primary sulfonamides is 1. The predicted octanol–water partition coefficient (Wildman–Crippen LogP) is 0.657. The van der Waals surface area contributed by atoms with Crippen molar-refractivity contribution in [3.63, 3.8) is 0 Å². The third-order valence-electron chi connectivity index (χ3n) is 2.94. The molecule has 0 amide bonds.